The van der Waals surface area contributed by atoms with Crippen molar-refractivity contribution in [2.75, 3.05) is 16.8 Å². The van der Waals surface area contributed by atoms with E-state index in [9.17, 15) is 14.0 Å². The van der Waals surface area contributed by atoms with Crippen LogP contribution in [-0.2, 0) is 4.79 Å². The first-order valence-corrected chi connectivity index (χ1v) is 10.3. The molecule has 1 aliphatic rings. The molecule has 1 unspecified atom stereocenters. The largest absolute Gasteiger partial charge is 0.326 e. The normalized spacial score (nSPS) is 16.1. The van der Waals surface area contributed by atoms with Gasteiger partial charge in [-0.1, -0.05) is 54.1 Å². The molecule has 3 aromatic rings. The molecule has 0 radical (unpaired) electrons. The van der Waals surface area contributed by atoms with Crippen molar-refractivity contribution in [1.82, 2.24) is 5.32 Å². The monoisotopic (exact) mass is 417 g/mol. The highest BCUT2D eigenvalue weighted by atomic mass is 19.1. The molecule has 158 valence electrons. The number of aryl methyl sites for hydroxylation is 1. The van der Waals surface area contributed by atoms with Gasteiger partial charge in [0.15, 0.2) is 0 Å². The number of nitrogens with one attached hydrogen (secondary N) is 2. The van der Waals surface area contributed by atoms with E-state index >= 15 is 0 Å². The summed E-state index contributed by atoms with van der Waals surface area (Å²) in [4.78, 5) is 26.8. The molecular formula is C25H24FN3O2. The quantitative estimate of drug-likeness (QED) is 0.619. The van der Waals surface area contributed by atoms with Crippen molar-refractivity contribution in [2.24, 2.45) is 0 Å². The minimum Gasteiger partial charge on any atom is -0.326 e. The first-order chi connectivity index (χ1) is 15.0. The van der Waals surface area contributed by atoms with E-state index in [2.05, 4.69) is 10.6 Å². The van der Waals surface area contributed by atoms with Crippen molar-refractivity contribution in [3.05, 3.63) is 84.2 Å². The van der Waals surface area contributed by atoms with Gasteiger partial charge in [0, 0.05) is 12.2 Å². The van der Waals surface area contributed by atoms with Crippen molar-refractivity contribution in [3.8, 4) is 11.1 Å². The zero-order valence-electron chi connectivity index (χ0n) is 17.3. The molecular weight excluding hydrogens is 393 g/mol. The number of urea groups is 1. The van der Waals surface area contributed by atoms with Gasteiger partial charge in [0.05, 0.1) is 5.69 Å². The minimum absolute atomic E-state index is 0.232. The molecule has 6 heteroatoms. The highest BCUT2D eigenvalue weighted by Gasteiger charge is 2.32. The van der Waals surface area contributed by atoms with Crippen molar-refractivity contribution in [2.45, 2.75) is 25.8 Å². The number of anilines is 2. The van der Waals surface area contributed by atoms with Gasteiger partial charge in [-0.05, 0) is 55.2 Å². The molecule has 0 aromatic heterocycles. The summed E-state index contributed by atoms with van der Waals surface area (Å²) >= 11 is 0. The Balaban J connectivity index is 1.46. The molecule has 3 aromatic carbocycles. The van der Waals surface area contributed by atoms with Crippen LogP contribution in [0.2, 0.25) is 0 Å². The summed E-state index contributed by atoms with van der Waals surface area (Å²) in [6.07, 6.45) is 1.18. The molecule has 0 bridgehead atoms. The summed E-state index contributed by atoms with van der Waals surface area (Å²) < 4.78 is 14.9. The Hall–Kier alpha value is -3.67. The number of amides is 3. The third kappa shape index (κ3) is 4.74. The van der Waals surface area contributed by atoms with Crippen LogP contribution in [0.3, 0.4) is 0 Å². The Labute approximate surface area is 180 Å². The SMILES string of the molecule is Cc1ccc(NC(=O)NC2CCCN(c3ccc(-c4ccccc4)cc3F)C2=O)cc1. The Bertz CT molecular complexity index is 1080. The van der Waals surface area contributed by atoms with E-state index < -0.39 is 17.9 Å². The first kappa shape index (κ1) is 20.6. The van der Waals surface area contributed by atoms with Crippen LogP contribution in [0.25, 0.3) is 11.1 Å². The standard InChI is InChI=1S/C25H24FN3O2/c1-17-9-12-20(13-10-17)27-25(31)28-22-8-5-15-29(24(22)30)23-14-11-19(16-21(23)26)18-6-3-2-4-7-18/h2-4,6-7,9-14,16,22H,5,8,15H2,1H3,(H2,27,28,31). The van der Waals surface area contributed by atoms with Gasteiger partial charge in [-0.2, -0.15) is 0 Å². The summed E-state index contributed by atoms with van der Waals surface area (Å²) in [5.74, 6) is -0.767. The van der Waals surface area contributed by atoms with Gasteiger partial charge in [-0.15, -0.1) is 0 Å². The highest BCUT2D eigenvalue weighted by Crippen LogP contribution is 2.29. The van der Waals surface area contributed by atoms with Gasteiger partial charge >= 0.3 is 6.03 Å². The predicted molar refractivity (Wildman–Crippen MR) is 121 cm³/mol. The maximum atomic E-state index is 14.9. The molecule has 5 nitrogen and oxygen atoms in total. The van der Waals surface area contributed by atoms with E-state index in [1.165, 1.54) is 11.0 Å². The van der Waals surface area contributed by atoms with Gasteiger partial charge in [0.25, 0.3) is 0 Å². The van der Waals surface area contributed by atoms with E-state index in [0.29, 0.717) is 25.1 Å². The number of benzene rings is 3. The Morgan fingerprint density at radius 3 is 2.45 bits per heavy atom. The summed E-state index contributed by atoms with van der Waals surface area (Å²) in [6, 6.07) is 20.6. The van der Waals surface area contributed by atoms with Gasteiger partial charge in [-0.3, -0.25) is 4.79 Å². The van der Waals surface area contributed by atoms with E-state index in [-0.39, 0.29) is 11.6 Å². The van der Waals surface area contributed by atoms with Gasteiger partial charge < -0.3 is 15.5 Å². The molecule has 31 heavy (non-hydrogen) atoms. The van der Waals surface area contributed by atoms with Crippen LogP contribution in [0.5, 0.6) is 0 Å². The van der Waals surface area contributed by atoms with E-state index in [4.69, 9.17) is 0 Å². The Morgan fingerprint density at radius 2 is 1.74 bits per heavy atom. The molecule has 3 amide bonds. The molecule has 0 spiro atoms. The molecule has 1 atom stereocenters. The van der Waals surface area contributed by atoms with Crippen LogP contribution >= 0.6 is 0 Å². The first-order valence-electron chi connectivity index (χ1n) is 10.3. The van der Waals surface area contributed by atoms with Crippen molar-refractivity contribution in [1.29, 1.82) is 0 Å². The Morgan fingerprint density at radius 1 is 1.00 bits per heavy atom. The van der Waals surface area contributed by atoms with E-state index in [0.717, 1.165) is 16.7 Å². The average molecular weight is 417 g/mol. The molecule has 1 heterocycles. The highest BCUT2D eigenvalue weighted by molar-refractivity contribution is 6.01. The fourth-order valence-electron chi connectivity index (χ4n) is 3.75. The molecule has 1 saturated heterocycles. The van der Waals surface area contributed by atoms with Gasteiger partial charge in [0.1, 0.15) is 11.9 Å². The lowest BCUT2D eigenvalue weighted by atomic mass is 10.0. The lowest BCUT2D eigenvalue weighted by Crippen LogP contribution is -2.53. The lowest BCUT2D eigenvalue weighted by Gasteiger charge is -2.33. The lowest BCUT2D eigenvalue weighted by molar-refractivity contribution is -0.121. The number of carbonyl (C=O) groups is 2. The number of piperidine rings is 1. The zero-order valence-corrected chi connectivity index (χ0v) is 17.3. The summed E-state index contributed by atoms with van der Waals surface area (Å²) in [5, 5.41) is 5.46. The fourth-order valence-corrected chi connectivity index (χ4v) is 3.75. The maximum absolute atomic E-state index is 14.9. The van der Waals surface area contributed by atoms with Crippen LogP contribution in [0.15, 0.2) is 72.8 Å². The topological polar surface area (TPSA) is 61.4 Å². The molecule has 1 aliphatic heterocycles. The number of nitrogens with zero attached hydrogens (tertiary/aromatic N) is 1. The van der Waals surface area contributed by atoms with Gasteiger partial charge in [-0.25, -0.2) is 9.18 Å². The second-order valence-corrected chi connectivity index (χ2v) is 7.68. The summed E-state index contributed by atoms with van der Waals surface area (Å²) in [6.45, 7) is 2.38. The fraction of sp³-hybridized carbons (Fsp3) is 0.200. The summed E-state index contributed by atoms with van der Waals surface area (Å²) in [7, 11) is 0. The second kappa shape index (κ2) is 9.00. The molecule has 0 saturated carbocycles. The minimum atomic E-state index is -0.701. The predicted octanol–water partition coefficient (Wildman–Crippen LogP) is 5.12. The van der Waals surface area contributed by atoms with Crippen LogP contribution in [0.4, 0.5) is 20.6 Å². The molecule has 4 rings (SSSR count). The number of halogens is 1. The Kier molecular flexibility index (Phi) is 5.98. The molecule has 2 N–H and O–H groups in total. The van der Waals surface area contributed by atoms with Crippen LogP contribution < -0.4 is 15.5 Å². The molecule has 1 fully saturated rings. The number of carbonyl (C=O) groups excluding carboxylic acids is 2. The number of hydrogen-bond donors (Lipinski definition) is 2. The second-order valence-electron chi connectivity index (χ2n) is 7.68. The van der Waals surface area contributed by atoms with E-state index in [1.807, 2.05) is 55.5 Å². The number of hydrogen-bond acceptors (Lipinski definition) is 2. The zero-order chi connectivity index (χ0) is 21.8. The average Bonchev–Trinajstić information content (AvgIpc) is 2.78. The van der Waals surface area contributed by atoms with Crippen LogP contribution in [0.1, 0.15) is 18.4 Å². The third-order valence-corrected chi connectivity index (χ3v) is 5.40. The van der Waals surface area contributed by atoms with Crippen LogP contribution in [0, 0.1) is 12.7 Å². The third-order valence-electron chi connectivity index (χ3n) is 5.40. The number of rotatable bonds is 4. The summed E-state index contributed by atoms with van der Waals surface area (Å²) in [5.41, 5.74) is 3.62. The van der Waals surface area contributed by atoms with Crippen molar-refractivity contribution in [3.63, 3.8) is 0 Å². The maximum Gasteiger partial charge on any atom is 0.319 e. The van der Waals surface area contributed by atoms with Gasteiger partial charge in [0.2, 0.25) is 5.91 Å². The smallest absolute Gasteiger partial charge is 0.319 e. The van der Waals surface area contributed by atoms with Crippen molar-refractivity contribution >= 4 is 23.3 Å². The van der Waals surface area contributed by atoms with E-state index in [1.54, 1.807) is 18.2 Å². The molecule has 0 aliphatic carbocycles. The van der Waals surface area contributed by atoms with Crippen LogP contribution in [-0.4, -0.2) is 24.5 Å². The van der Waals surface area contributed by atoms with Crippen molar-refractivity contribution < 1.29 is 14.0 Å².